The largest absolute Gasteiger partial charge is 0.480 e. The molecule has 1 unspecified atom stereocenters. The monoisotopic (exact) mass is 287 g/mol. The van der Waals surface area contributed by atoms with Gasteiger partial charge in [-0.05, 0) is 19.3 Å². The third-order valence-corrected chi connectivity index (χ3v) is 5.42. The molecule has 106 valence electrons. The van der Waals surface area contributed by atoms with Gasteiger partial charge in [-0.1, -0.05) is 13.3 Å². The average molecular weight is 287 g/mol. The maximum absolute atomic E-state index is 12.5. The van der Waals surface area contributed by atoms with Crippen LogP contribution in [0.15, 0.2) is 17.6 Å². The van der Waals surface area contributed by atoms with Crippen LogP contribution in [0.5, 0.6) is 0 Å². The molecule has 2 rings (SSSR count). The van der Waals surface area contributed by atoms with Gasteiger partial charge in [0.15, 0.2) is 5.03 Å². The molecule has 2 N–H and O–H groups in total. The van der Waals surface area contributed by atoms with E-state index in [1.807, 2.05) is 6.92 Å². The van der Waals surface area contributed by atoms with Crippen LogP contribution in [0.4, 0.5) is 0 Å². The summed E-state index contributed by atoms with van der Waals surface area (Å²) in [6.45, 7) is 2.08. The van der Waals surface area contributed by atoms with E-state index in [0.717, 1.165) is 4.31 Å². The smallest absolute Gasteiger partial charge is 0.325 e. The summed E-state index contributed by atoms with van der Waals surface area (Å²) in [5.74, 6) is -1.07. The van der Waals surface area contributed by atoms with E-state index in [-0.39, 0.29) is 11.6 Å². The van der Waals surface area contributed by atoms with E-state index in [1.165, 1.54) is 12.5 Å². The second-order valence-electron chi connectivity index (χ2n) is 4.68. The number of aromatic nitrogens is 2. The Kier molecular flexibility index (Phi) is 3.64. The third-order valence-electron chi connectivity index (χ3n) is 3.53. The molecule has 1 aliphatic rings. The van der Waals surface area contributed by atoms with Crippen molar-refractivity contribution in [2.75, 3.05) is 6.54 Å². The van der Waals surface area contributed by atoms with Gasteiger partial charge in [0.2, 0.25) is 0 Å². The normalized spacial score (nSPS) is 24.7. The van der Waals surface area contributed by atoms with Crippen LogP contribution in [0.1, 0.15) is 32.6 Å². The lowest BCUT2D eigenvalue weighted by molar-refractivity contribution is -0.147. The summed E-state index contributed by atoms with van der Waals surface area (Å²) in [6, 6.07) is 0. The molecule has 0 saturated carbocycles. The molecule has 1 aliphatic heterocycles. The minimum atomic E-state index is -3.84. The van der Waals surface area contributed by atoms with Crippen molar-refractivity contribution in [2.45, 2.75) is 43.2 Å². The Morgan fingerprint density at radius 2 is 2.37 bits per heavy atom. The lowest BCUT2D eigenvalue weighted by Crippen LogP contribution is -2.52. The molecule has 0 aromatic carbocycles. The average Bonchev–Trinajstić information content (AvgIpc) is 2.99. The summed E-state index contributed by atoms with van der Waals surface area (Å²) in [5.41, 5.74) is -1.32. The summed E-state index contributed by atoms with van der Waals surface area (Å²) in [6.07, 6.45) is 4.30. The Hall–Kier alpha value is -1.41. The number of aromatic amines is 1. The topological polar surface area (TPSA) is 103 Å². The maximum atomic E-state index is 12.5. The van der Waals surface area contributed by atoms with Crippen molar-refractivity contribution < 1.29 is 18.3 Å². The van der Waals surface area contributed by atoms with Gasteiger partial charge in [-0.15, -0.1) is 0 Å². The maximum Gasteiger partial charge on any atom is 0.325 e. The van der Waals surface area contributed by atoms with Crippen LogP contribution in [0, 0.1) is 0 Å². The van der Waals surface area contributed by atoms with E-state index < -0.39 is 21.5 Å². The molecule has 7 nitrogen and oxygen atoms in total. The zero-order chi connectivity index (χ0) is 14.1. The summed E-state index contributed by atoms with van der Waals surface area (Å²) in [5, 5.41) is 9.44. The van der Waals surface area contributed by atoms with Crippen molar-refractivity contribution in [3.63, 3.8) is 0 Å². The standard InChI is InChI=1S/C11H17N3O4S/c1-2-4-11(10(15)16)5-3-6-14(11)19(17,18)9-7-12-8-13-9/h7-8H,2-6H2,1H3,(H,12,13)(H,15,16). The second-order valence-corrected chi connectivity index (χ2v) is 6.51. The fraction of sp³-hybridized carbons (Fsp3) is 0.636. The Morgan fingerprint density at radius 3 is 2.89 bits per heavy atom. The first-order valence-electron chi connectivity index (χ1n) is 6.20. The van der Waals surface area contributed by atoms with Crippen LogP contribution < -0.4 is 0 Å². The van der Waals surface area contributed by atoms with Crippen LogP contribution in [-0.4, -0.2) is 45.9 Å². The fourth-order valence-corrected chi connectivity index (χ4v) is 4.41. The van der Waals surface area contributed by atoms with E-state index in [4.69, 9.17) is 0 Å². The molecule has 0 aliphatic carbocycles. The Balaban J connectivity index is 2.46. The molecular weight excluding hydrogens is 270 g/mol. The van der Waals surface area contributed by atoms with Crippen molar-refractivity contribution in [3.8, 4) is 0 Å². The number of aliphatic carboxylic acids is 1. The van der Waals surface area contributed by atoms with E-state index in [2.05, 4.69) is 9.97 Å². The van der Waals surface area contributed by atoms with Crippen LogP contribution in [0.25, 0.3) is 0 Å². The number of rotatable bonds is 5. The minimum Gasteiger partial charge on any atom is -0.480 e. The van der Waals surface area contributed by atoms with Gasteiger partial charge in [-0.3, -0.25) is 4.79 Å². The van der Waals surface area contributed by atoms with Gasteiger partial charge >= 0.3 is 5.97 Å². The number of carboxylic acids is 1. The molecule has 1 saturated heterocycles. The second kappa shape index (κ2) is 4.93. The number of carboxylic acid groups (broad SMARTS) is 1. The molecule has 1 aromatic heterocycles. The highest BCUT2D eigenvalue weighted by atomic mass is 32.2. The predicted molar refractivity (Wildman–Crippen MR) is 67.0 cm³/mol. The molecule has 8 heteroatoms. The zero-order valence-corrected chi connectivity index (χ0v) is 11.5. The molecule has 0 spiro atoms. The van der Waals surface area contributed by atoms with Gasteiger partial charge in [-0.2, -0.15) is 4.31 Å². The van der Waals surface area contributed by atoms with Crippen LogP contribution in [0.3, 0.4) is 0 Å². The lowest BCUT2D eigenvalue weighted by Gasteiger charge is -2.33. The van der Waals surface area contributed by atoms with Crippen LogP contribution in [0.2, 0.25) is 0 Å². The molecule has 0 radical (unpaired) electrons. The summed E-state index contributed by atoms with van der Waals surface area (Å²) in [7, 11) is -3.84. The van der Waals surface area contributed by atoms with Crippen molar-refractivity contribution in [1.29, 1.82) is 0 Å². The summed E-state index contributed by atoms with van der Waals surface area (Å²) in [4.78, 5) is 17.8. The molecule has 2 heterocycles. The lowest BCUT2D eigenvalue weighted by atomic mass is 9.92. The van der Waals surface area contributed by atoms with Crippen molar-refractivity contribution >= 4 is 16.0 Å². The Labute approximate surface area is 111 Å². The van der Waals surface area contributed by atoms with E-state index in [0.29, 0.717) is 25.7 Å². The third kappa shape index (κ3) is 2.14. The number of hydrogen-bond acceptors (Lipinski definition) is 4. The number of H-pyrrole nitrogens is 1. The SMILES string of the molecule is CCCC1(C(=O)O)CCCN1S(=O)(=O)c1cnc[nH]1. The van der Waals surface area contributed by atoms with Crippen molar-refractivity contribution in [3.05, 3.63) is 12.5 Å². The molecule has 1 aromatic rings. The van der Waals surface area contributed by atoms with Crippen LogP contribution in [-0.2, 0) is 14.8 Å². The molecule has 19 heavy (non-hydrogen) atoms. The highest BCUT2D eigenvalue weighted by Gasteiger charge is 2.52. The molecular formula is C11H17N3O4S. The molecule has 0 amide bonds. The van der Waals surface area contributed by atoms with Crippen LogP contribution >= 0.6 is 0 Å². The minimum absolute atomic E-state index is 0.0591. The predicted octanol–water partition coefficient (Wildman–Crippen LogP) is 0.818. The molecule has 1 fully saturated rings. The number of sulfonamides is 1. The Morgan fingerprint density at radius 1 is 1.63 bits per heavy atom. The highest BCUT2D eigenvalue weighted by Crippen LogP contribution is 2.37. The van der Waals surface area contributed by atoms with Gasteiger partial charge in [-0.25, -0.2) is 13.4 Å². The zero-order valence-electron chi connectivity index (χ0n) is 10.7. The Bertz CT molecular complexity index is 555. The van der Waals surface area contributed by atoms with E-state index in [9.17, 15) is 18.3 Å². The van der Waals surface area contributed by atoms with Crippen molar-refractivity contribution in [1.82, 2.24) is 14.3 Å². The summed E-state index contributed by atoms with van der Waals surface area (Å²) < 4.78 is 26.1. The van der Waals surface area contributed by atoms with Gasteiger partial charge < -0.3 is 10.1 Å². The fourth-order valence-electron chi connectivity index (χ4n) is 2.69. The quantitative estimate of drug-likeness (QED) is 0.834. The number of nitrogens with zero attached hydrogens (tertiary/aromatic N) is 2. The number of nitrogens with one attached hydrogen (secondary N) is 1. The van der Waals surface area contributed by atoms with Gasteiger partial charge in [0.25, 0.3) is 10.0 Å². The first-order valence-corrected chi connectivity index (χ1v) is 7.64. The van der Waals surface area contributed by atoms with E-state index in [1.54, 1.807) is 0 Å². The highest BCUT2D eigenvalue weighted by molar-refractivity contribution is 7.89. The molecule has 0 bridgehead atoms. The first kappa shape index (κ1) is 14.0. The van der Waals surface area contributed by atoms with Crippen molar-refractivity contribution in [2.24, 2.45) is 0 Å². The first-order chi connectivity index (χ1) is 8.95. The van der Waals surface area contributed by atoms with Gasteiger partial charge in [0.1, 0.15) is 5.54 Å². The van der Waals surface area contributed by atoms with Gasteiger partial charge in [0, 0.05) is 6.54 Å². The summed E-state index contributed by atoms with van der Waals surface area (Å²) >= 11 is 0. The van der Waals surface area contributed by atoms with E-state index >= 15 is 0 Å². The number of carbonyl (C=O) groups is 1. The molecule has 1 atom stereocenters. The number of hydrogen-bond donors (Lipinski definition) is 2. The van der Waals surface area contributed by atoms with Gasteiger partial charge in [0.05, 0.1) is 12.5 Å². The number of imidazole rings is 1.